The Balaban J connectivity index is 1.94. The van der Waals surface area contributed by atoms with Crippen LogP contribution in [0.4, 0.5) is 5.69 Å². The Hall–Kier alpha value is -2.82. The van der Waals surface area contributed by atoms with Crippen molar-refractivity contribution in [2.24, 2.45) is 0 Å². The van der Waals surface area contributed by atoms with Gasteiger partial charge in [-0.25, -0.2) is 0 Å². The van der Waals surface area contributed by atoms with Gasteiger partial charge in [-0.05, 0) is 61.2 Å². The highest BCUT2D eigenvalue weighted by molar-refractivity contribution is 5.97. The van der Waals surface area contributed by atoms with Crippen molar-refractivity contribution < 1.29 is 14.3 Å². The average Bonchev–Trinajstić information content (AvgIpc) is 2.60. The first kappa shape index (κ1) is 19.5. The minimum Gasteiger partial charge on any atom is -0.484 e. The summed E-state index contributed by atoms with van der Waals surface area (Å²) in [5.41, 5.74) is 3.48. The van der Waals surface area contributed by atoms with Gasteiger partial charge in [-0.1, -0.05) is 26.0 Å². The smallest absolute Gasteiger partial charge is 0.262 e. The normalized spacial score (nSPS) is 10.5. The van der Waals surface area contributed by atoms with Gasteiger partial charge in [-0.2, -0.15) is 0 Å². The highest BCUT2D eigenvalue weighted by Crippen LogP contribution is 2.23. The second kappa shape index (κ2) is 9.04. The lowest BCUT2D eigenvalue weighted by atomic mass is 9.98. The Kier molecular flexibility index (Phi) is 6.78. The van der Waals surface area contributed by atoms with E-state index < -0.39 is 0 Å². The van der Waals surface area contributed by atoms with Crippen LogP contribution in [0, 0.1) is 6.92 Å². The fourth-order valence-electron chi connectivity index (χ4n) is 2.73. The number of anilines is 1. The van der Waals surface area contributed by atoms with Crippen molar-refractivity contribution in [2.45, 2.75) is 33.6 Å². The SMILES string of the molecule is CCNC(=O)c1cccc(NC(=O)COc2ccc(C(C)C)c(C)c2)c1. The molecule has 2 amide bonds. The van der Waals surface area contributed by atoms with E-state index >= 15 is 0 Å². The molecule has 2 aromatic rings. The molecule has 0 saturated heterocycles. The van der Waals surface area contributed by atoms with Gasteiger partial charge in [0.25, 0.3) is 11.8 Å². The lowest BCUT2D eigenvalue weighted by Gasteiger charge is -2.12. The fraction of sp³-hybridized carbons (Fsp3) is 0.333. The van der Waals surface area contributed by atoms with Crippen LogP contribution in [0.3, 0.4) is 0 Å². The summed E-state index contributed by atoms with van der Waals surface area (Å²) in [6.07, 6.45) is 0. The summed E-state index contributed by atoms with van der Waals surface area (Å²) in [5, 5.41) is 5.48. The maximum atomic E-state index is 12.1. The van der Waals surface area contributed by atoms with Crippen LogP contribution in [0.15, 0.2) is 42.5 Å². The summed E-state index contributed by atoms with van der Waals surface area (Å²) in [6, 6.07) is 12.7. The van der Waals surface area contributed by atoms with Crippen LogP contribution in [-0.2, 0) is 4.79 Å². The average molecular weight is 354 g/mol. The summed E-state index contributed by atoms with van der Waals surface area (Å²) in [7, 11) is 0. The van der Waals surface area contributed by atoms with Crippen molar-refractivity contribution in [3.8, 4) is 5.75 Å². The van der Waals surface area contributed by atoms with Crippen molar-refractivity contribution in [3.63, 3.8) is 0 Å². The van der Waals surface area contributed by atoms with Crippen molar-refractivity contribution in [3.05, 3.63) is 59.2 Å². The molecule has 0 fully saturated rings. The van der Waals surface area contributed by atoms with E-state index in [1.165, 1.54) is 5.56 Å². The molecule has 0 aromatic heterocycles. The molecule has 0 aliphatic carbocycles. The van der Waals surface area contributed by atoms with E-state index in [2.05, 4.69) is 24.5 Å². The third kappa shape index (κ3) is 5.34. The minimum absolute atomic E-state index is 0.0914. The van der Waals surface area contributed by atoms with Crippen molar-refractivity contribution >= 4 is 17.5 Å². The van der Waals surface area contributed by atoms with Crippen LogP contribution in [0.25, 0.3) is 0 Å². The predicted molar refractivity (Wildman–Crippen MR) is 104 cm³/mol. The van der Waals surface area contributed by atoms with Gasteiger partial charge in [0.05, 0.1) is 0 Å². The predicted octanol–water partition coefficient (Wildman–Crippen LogP) is 3.89. The molecular formula is C21H26N2O3. The molecule has 0 saturated carbocycles. The highest BCUT2D eigenvalue weighted by atomic mass is 16.5. The Bertz CT molecular complexity index is 785. The quantitative estimate of drug-likeness (QED) is 0.793. The van der Waals surface area contributed by atoms with Gasteiger partial charge in [-0.15, -0.1) is 0 Å². The highest BCUT2D eigenvalue weighted by Gasteiger charge is 2.09. The second-order valence-corrected chi connectivity index (χ2v) is 6.45. The van der Waals surface area contributed by atoms with Crippen molar-refractivity contribution in [2.75, 3.05) is 18.5 Å². The lowest BCUT2D eigenvalue weighted by Crippen LogP contribution is -2.23. The van der Waals surface area contributed by atoms with Crippen LogP contribution < -0.4 is 15.4 Å². The summed E-state index contributed by atoms with van der Waals surface area (Å²) in [5.74, 6) is 0.673. The van der Waals surface area contributed by atoms with Crippen LogP contribution in [0.5, 0.6) is 5.75 Å². The number of nitrogens with one attached hydrogen (secondary N) is 2. The second-order valence-electron chi connectivity index (χ2n) is 6.45. The van der Waals surface area contributed by atoms with E-state index in [1.54, 1.807) is 24.3 Å². The van der Waals surface area contributed by atoms with Gasteiger partial charge in [0, 0.05) is 17.8 Å². The van der Waals surface area contributed by atoms with Gasteiger partial charge < -0.3 is 15.4 Å². The zero-order chi connectivity index (χ0) is 19.1. The summed E-state index contributed by atoms with van der Waals surface area (Å²) >= 11 is 0. The minimum atomic E-state index is -0.274. The van der Waals surface area contributed by atoms with Crippen molar-refractivity contribution in [1.82, 2.24) is 5.32 Å². The van der Waals surface area contributed by atoms with E-state index in [0.717, 1.165) is 5.56 Å². The molecular weight excluding hydrogens is 328 g/mol. The topological polar surface area (TPSA) is 67.4 Å². The van der Waals surface area contributed by atoms with Gasteiger partial charge in [-0.3, -0.25) is 9.59 Å². The molecule has 0 radical (unpaired) electrons. The first-order valence-corrected chi connectivity index (χ1v) is 8.82. The fourth-order valence-corrected chi connectivity index (χ4v) is 2.73. The number of carbonyl (C=O) groups excluding carboxylic acids is 2. The Morgan fingerprint density at radius 3 is 2.54 bits per heavy atom. The summed E-state index contributed by atoms with van der Waals surface area (Å²) in [4.78, 5) is 24.0. The molecule has 0 unspecified atom stereocenters. The largest absolute Gasteiger partial charge is 0.484 e. The third-order valence-corrected chi connectivity index (χ3v) is 3.98. The summed E-state index contributed by atoms with van der Waals surface area (Å²) < 4.78 is 5.58. The number of ether oxygens (including phenoxy) is 1. The number of hydrogen-bond donors (Lipinski definition) is 2. The van der Waals surface area contributed by atoms with E-state index in [9.17, 15) is 9.59 Å². The number of hydrogen-bond acceptors (Lipinski definition) is 3. The third-order valence-electron chi connectivity index (χ3n) is 3.98. The Labute approximate surface area is 154 Å². The summed E-state index contributed by atoms with van der Waals surface area (Å²) in [6.45, 7) is 8.64. The molecule has 26 heavy (non-hydrogen) atoms. The van der Waals surface area contributed by atoms with Crippen molar-refractivity contribution in [1.29, 1.82) is 0 Å². The molecule has 0 aliphatic heterocycles. The molecule has 5 nitrogen and oxygen atoms in total. The monoisotopic (exact) mass is 354 g/mol. The zero-order valence-electron chi connectivity index (χ0n) is 15.8. The van der Waals surface area contributed by atoms with E-state index in [4.69, 9.17) is 4.74 Å². The van der Waals surface area contributed by atoms with Gasteiger partial charge >= 0.3 is 0 Å². The first-order valence-electron chi connectivity index (χ1n) is 8.82. The maximum Gasteiger partial charge on any atom is 0.262 e. The molecule has 0 aliphatic rings. The number of carbonyl (C=O) groups is 2. The van der Waals surface area contributed by atoms with Gasteiger partial charge in [0.2, 0.25) is 0 Å². The van der Waals surface area contributed by atoms with Crippen LogP contribution >= 0.6 is 0 Å². The molecule has 5 heteroatoms. The molecule has 2 N–H and O–H groups in total. The molecule has 138 valence electrons. The molecule has 2 aromatic carbocycles. The number of rotatable bonds is 7. The molecule has 0 heterocycles. The zero-order valence-corrected chi connectivity index (χ0v) is 15.8. The molecule has 0 bridgehead atoms. The molecule has 0 atom stereocenters. The van der Waals surface area contributed by atoms with Gasteiger partial charge in [0.1, 0.15) is 5.75 Å². The molecule has 0 spiro atoms. The number of aryl methyl sites for hydroxylation is 1. The standard InChI is InChI=1S/C21H26N2O3/c1-5-22-21(25)16-7-6-8-17(12-16)23-20(24)13-26-18-9-10-19(14(2)3)15(4)11-18/h6-12,14H,5,13H2,1-4H3,(H,22,25)(H,23,24). The maximum absolute atomic E-state index is 12.1. The van der Waals surface area contributed by atoms with Crippen LogP contribution in [0.2, 0.25) is 0 Å². The Morgan fingerprint density at radius 1 is 1.12 bits per heavy atom. The van der Waals surface area contributed by atoms with E-state index in [1.807, 2.05) is 32.0 Å². The van der Waals surface area contributed by atoms with E-state index in [0.29, 0.717) is 29.5 Å². The van der Waals surface area contributed by atoms with Crippen LogP contribution in [0.1, 0.15) is 48.2 Å². The molecule has 2 rings (SSSR count). The number of amides is 2. The van der Waals surface area contributed by atoms with E-state index in [-0.39, 0.29) is 18.4 Å². The lowest BCUT2D eigenvalue weighted by molar-refractivity contribution is -0.118. The van der Waals surface area contributed by atoms with Gasteiger partial charge in [0.15, 0.2) is 6.61 Å². The number of benzene rings is 2. The Morgan fingerprint density at radius 2 is 1.88 bits per heavy atom. The first-order chi connectivity index (χ1) is 12.4. The van der Waals surface area contributed by atoms with Crippen LogP contribution in [-0.4, -0.2) is 25.0 Å².